The Morgan fingerprint density at radius 2 is 2.11 bits per heavy atom. The van der Waals surface area contributed by atoms with Gasteiger partial charge >= 0.3 is 0 Å². The summed E-state index contributed by atoms with van der Waals surface area (Å²) >= 11 is 3.47. The summed E-state index contributed by atoms with van der Waals surface area (Å²) in [5, 5.41) is 14.6. The van der Waals surface area contributed by atoms with Crippen LogP contribution >= 0.6 is 15.9 Å². The lowest BCUT2D eigenvalue weighted by Gasteiger charge is -2.13. The molecule has 1 heterocycles. The van der Waals surface area contributed by atoms with Crippen molar-refractivity contribution in [1.29, 1.82) is 0 Å². The zero-order valence-electron chi connectivity index (χ0n) is 10.9. The Morgan fingerprint density at radius 3 is 2.74 bits per heavy atom. The summed E-state index contributed by atoms with van der Waals surface area (Å²) in [5.74, 6) is -0.384. The van der Waals surface area contributed by atoms with Gasteiger partial charge in [-0.3, -0.25) is 4.68 Å². The maximum atomic E-state index is 13.6. The van der Waals surface area contributed by atoms with E-state index >= 15 is 0 Å². The van der Waals surface area contributed by atoms with Crippen molar-refractivity contribution in [1.82, 2.24) is 9.78 Å². The van der Waals surface area contributed by atoms with Crippen LogP contribution in [0.15, 0.2) is 28.7 Å². The molecule has 1 atom stereocenters. The lowest BCUT2D eigenvalue weighted by molar-refractivity contribution is 0.170. The minimum Gasteiger partial charge on any atom is -0.388 e. The van der Waals surface area contributed by atoms with E-state index in [1.54, 1.807) is 18.2 Å². The van der Waals surface area contributed by atoms with Crippen molar-refractivity contribution in [3.05, 3.63) is 51.5 Å². The molecule has 2 rings (SSSR count). The molecule has 19 heavy (non-hydrogen) atoms. The number of nitrogens with zero attached hydrogens (tertiary/aromatic N) is 2. The molecule has 5 heteroatoms. The van der Waals surface area contributed by atoms with Gasteiger partial charge in [0.2, 0.25) is 0 Å². The maximum Gasteiger partial charge on any atom is 0.129 e. The van der Waals surface area contributed by atoms with Crippen LogP contribution in [0, 0.1) is 12.7 Å². The highest BCUT2D eigenvalue weighted by Crippen LogP contribution is 2.27. The molecule has 0 radical (unpaired) electrons. The van der Waals surface area contributed by atoms with Gasteiger partial charge in [-0.15, -0.1) is 0 Å². The average molecular weight is 327 g/mol. The summed E-state index contributed by atoms with van der Waals surface area (Å²) in [4.78, 5) is 0. The Kier molecular flexibility index (Phi) is 4.37. The molecule has 0 aliphatic rings. The molecular weight excluding hydrogens is 311 g/mol. The Bertz CT molecular complexity index is 583. The first-order valence-corrected chi connectivity index (χ1v) is 6.98. The predicted molar refractivity (Wildman–Crippen MR) is 75.4 cm³/mol. The van der Waals surface area contributed by atoms with E-state index in [4.69, 9.17) is 0 Å². The molecule has 2 aromatic rings. The highest BCUT2D eigenvalue weighted by atomic mass is 79.9. The van der Waals surface area contributed by atoms with Gasteiger partial charge in [-0.2, -0.15) is 5.10 Å². The number of aliphatic hydroxyl groups is 1. The van der Waals surface area contributed by atoms with Gasteiger partial charge in [0.05, 0.1) is 22.0 Å². The number of benzene rings is 1. The summed E-state index contributed by atoms with van der Waals surface area (Å²) in [6.07, 6.45) is -0.546. The van der Waals surface area contributed by atoms with E-state index in [0.717, 1.165) is 15.9 Å². The molecule has 0 fully saturated rings. The van der Waals surface area contributed by atoms with Gasteiger partial charge in [0.1, 0.15) is 5.82 Å². The Hall–Kier alpha value is -1.20. The molecule has 0 aliphatic heterocycles. The second kappa shape index (κ2) is 5.84. The first-order valence-electron chi connectivity index (χ1n) is 6.18. The average Bonchev–Trinajstić information content (AvgIpc) is 2.67. The van der Waals surface area contributed by atoms with Crippen LogP contribution in [0.4, 0.5) is 4.39 Å². The standard InChI is InChI=1S/C14H16BrFN2O/c1-3-18-12(14(15)9(2)17-18)8-13(19)10-6-4-5-7-11(10)16/h4-7,13,19H,3,8H2,1-2H3. The van der Waals surface area contributed by atoms with Crippen molar-refractivity contribution in [2.45, 2.75) is 32.9 Å². The van der Waals surface area contributed by atoms with Gasteiger partial charge in [-0.1, -0.05) is 18.2 Å². The predicted octanol–water partition coefficient (Wildman–Crippen LogP) is 3.39. The molecule has 1 N–H and O–H groups in total. The van der Waals surface area contributed by atoms with Crippen LogP contribution in [0.2, 0.25) is 0 Å². The number of aromatic nitrogens is 2. The van der Waals surface area contributed by atoms with Crippen molar-refractivity contribution in [3.8, 4) is 0 Å². The zero-order chi connectivity index (χ0) is 14.0. The fraction of sp³-hybridized carbons (Fsp3) is 0.357. The summed E-state index contributed by atoms with van der Waals surface area (Å²) in [6.45, 7) is 4.60. The molecule has 0 spiro atoms. The lowest BCUT2D eigenvalue weighted by atomic mass is 10.0. The van der Waals surface area contributed by atoms with Gasteiger partial charge in [0, 0.05) is 18.5 Å². The second-order valence-electron chi connectivity index (χ2n) is 4.40. The molecule has 0 aliphatic carbocycles. The SMILES string of the molecule is CCn1nc(C)c(Br)c1CC(O)c1ccccc1F. The van der Waals surface area contributed by atoms with Crippen LogP contribution in [0.3, 0.4) is 0 Å². The molecule has 1 aromatic carbocycles. The molecule has 1 unspecified atom stereocenters. The van der Waals surface area contributed by atoms with Crippen molar-refractivity contribution in [2.75, 3.05) is 0 Å². The van der Waals surface area contributed by atoms with Crippen LogP contribution in [0.25, 0.3) is 0 Å². The van der Waals surface area contributed by atoms with Crippen LogP contribution < -0.4 is 0 Å². The Balaban J connectivity index is 2.29. The summed E-state index contributed by atoms with van der Waals surface area (Å²) in [6, 6.07) is 6.30. The minimum absolute atomic E-state index is 0.316. The highest BCUT2D eigenvalue weighted by Gasteiger charge is 2.19. The van der Waals surface area contributed by atoms with E-state index < -0.39 is 6.10 Å². The number of halogens is 2. The highest BCUT2D eigenvalue weighted by molar-refractivity contribution is 9.10. The van der Waals surface area contributed by atoms with E-state index in [1.807, 2.05) is 18.5 Å². The molecule has 0 amide bonds. The van der Waals surface area contributed by atoms with Crippen molar-refractivity contribution in [2.24, 2.45) is 0 Å². The molecule has 3 nitrogen and oxygen atoms in total. The lowest BCUT2D eigenvalue weighted by Crippen LogP contribution is -2.10. The van der Waals surface area contributed by atoms with Crippen molar-refractivity contribution in [3.63, 3.8) is 0 Å². The smallest absolute Gasteiger partial charge is 0.129 e. The minimum atomic E-state index is -0.876. The number of hydrogen-bond donors (Lipinski definition) is 1. The first kappa shape index (κ1) is 14.2. The summed E-state index contributed by atoms with van der Waals surface area (Å²) < 4.78 is 16.3. The van der Waals surface area contributed by atoms with Gasteiger partial charge < -0.3 is 5.11 Å². The van der Waals surface area contributed by atoms with Gasteiger partial charge in [-0.25, -0.2) is 4.39 Å². The van der Waals surface area contributed by atoms with Crippen molar-refractivity contribution >= 4 is 15.9 Å². The van der Waals surface area contributed by atoms with E-state index in [9.17, 15) is 9.50 Å². The second-order valence-corrected chi connectivity index (χ2v) is 5.20. The zero-order valence-corrected chi connectivity index (χ0v) is 12.5. The third kappa shape index (κ3) is 2.87. The molecule has 0 saturated heterocycles. The number of aliphatic hydroxyl groups excluding tert-OH is 1. The van der Waals surface area contributed by atoms with Crippen LogP contribution in [0.1, 0.15) is 30.0 Å². The fourth-order valence-electron chi connectivity index (χ4n) is 2.10. The topological polar surface area (TPSA) is 38.0 Å². The van der Waals surface area contributed by atoms with E-state index in [2.05, 4.69) is 21.0 Å². The number of aryl methyl sites for hydroxylation is 2. The summed E-state index contributed by atoms with van der Waals surface area (Å²) in [7, 11) is 0. The van der Waals surface area contributed by atoms with Gasteiger partial charge in [0.15, 0.2) is 0 Å². The monoisotopic (exact) mass is 326 g/mol. The maximum absolute atomic E-state index is 13.6. The molecular formula is C14H16BrFN2O. The Morgan fingerprint density at radius 1 is 1.42 bits per heavy atom. The van der Waals surface area contributed by atoms with Crippen molar-refractivity contribution < 1.29 is 9.50 Å². The van der Waals surface area contributed by atoms with E-state index in [-0.39, 0.29) is 5.82 Å². The molecule has 0 bridgehead atoms. The molecule has 1 aromatic heterocycles. The number of rotatable bonds is 4. The molecule has 0 saturated carbocycles. The molecule has 102 valence electrons. The van der Waals surface area contributed by atoms with Crippen LogP contribution in [0.5, 0.6) is 0 Å². The Labute approximate surface area is 120 Å². The fourth-order valence-corrected chi connectivity index (χ4v) is 2.55. The largest absolute Gasteiger partial charge is 0.388 e. The first-order chi connectivity index (χ1) is 9.04. The third-order valence-corrected chi connectivity index (χ3v) is 4.14. The van der Waals surface area contributed by atoms with Gasteiger partial charge in [0.25, 0.3) is 0 Å². The van der Waals surface area contributed by atoms with E-state index in [0.29, 0.717) is 18.5 Å². The number of hydrogen-bond acceptors (Lipinski definition) is 2. The summed E-state index contributed by atoms with van der Waals surface area (Å²) in [5.41, 5.74) is 2.07. The van der Waals surface area contributed by atoms with Gasteiger partial charge in [-0.05, 0) is 35.8 Å². The van der Waals surface area contributed by atoms with Crippen LogP contribution in [-0.4, -0.2) is 14.9 Å². The quantitative estimate of drug-likeness (QED) is 0.935. The normalized spacial score (nSPS) is 12.7. The van der Waals surface area contributed by atoms with E-state index in [1.165, 1.54) is 6.07 Å². The third-order valence-electron chi connectivity index (χ3n) is 3.10. The van der Waals surface area contributed by atoms with Crippen LogP contribution in [-0.2, 0) is 13.0 Å².